The van der Waals surface area contributed by atoms with Gasteiger partial charge in [-0.2, -0.15) is 0 Å². The Morgan fingerprint density at radius 3 is 3.05 bits per heavy atom. The van der Waals surface area contributed by atoms with Crippen LogP contribution in [0, 0.1) is 6.92 Å². The number of hydrogen-bond donors (Lipinski definition) is 0. The molecule has 1 atom stereocenters. The van der Waals surface area contributed by atoms with Crippen molar-refractivity contribution in [2.24, 2.45) is 0 Å². The first-order valence-electron chi connectivity index (χ1n) is 6.28. The summed E-state index contributed by atoms with van der Waals surface area (Å²) in [7, 11) is 0. The van der Waals surface area contributed by atoms with Crippen LogP contribution < -0.4 is 0 Å². The van der Waals surface area contributed by atoms with Crippen LogP contribution in [0.4, 0.5) is 0 Å². The lowest BCUT2D eigenvalue weighted by molar-refractivity contribution is 0.0737. The first-order valence-corrected chi connectivity index (χ1v) is 7.05. The predicted molar refractivity (Wildman–Crippen MR) is 71.9 cm³/mol. The van der Waals surface area contributed by atoms with Gasteiger partial charge in [0.05, 0.1) is 17.4 Å². The smallest absolute Gasteiger partial charge is 0.268 e. The van der Waals surface area contributed by atoms with Gasteiger partial charge >= 0.3 is 0 Å². The molecular weight excluding hydrogens is 260 g/mol. The number of amides is 1. The van der Waals surface area contributed by atoms with Crippen molar-refractivity contribution in [2.75, 3.05) is 6.54 Å². The molecule has 6 heteroatoms. The molecule has 1 fully saturated rings. The van der Waals surface area contributed by atoms with Crippen LogP contribution >= 0.6 is 11.5 Å². The van der Waals surface area contributed by atoms with Gasteiger partial charge in [0.25, 0.3) is 5.91 Å². The second-order valence-electron chi connectivity index (χ2n) is 4.60. The van der Waals surface area contributed by atoms with Crippen molar-refractivity contribution < 1.29 is 4.79 Å². The van der Waals surface area contributed by atoms with Crippen molar-refractivity contribution in [3.05, 3.63) is 40.7 Å². The predicted octanol–water partition coefficient (Wildman–Crippen LogP) is 2.22. The van der Waals surface area contributed by atoms with Gasteiger partial charge in [0, 0.05) is 12.7 Å². The zero-order valence-corrected chi connectivity index (χ0v) is 11.4. The van der Waals surface area contributed by atoms with Crippen LogP contribution in [0.25, 0.3) is 0 Å². The highest BCUT2D eigenvalue weighted by atomic mass is 32.1. The van der Waals surface area contributed by atoms with Gasteiger partial charge in [-0.15, -0.1) is 5.10 Å². The maximum atomic E-state index is 12.5. The quantitative estimate of drug-likeness (QED) is 0.842. The van der Waals surface area contributed by atoms with Crippen LogP contribution in [0.2, 0.25) is 0 Å². The third kappa shape index (κ3) is 2.23. The SMILES string of the molecule is Cc1nnsc1C(=O)N1CCC[C@@H]1c1ccccn1. The number of pyridine rings is 1. The van der Waals surface area contributed by atoms with Crippen molar-refractivity contribution in [1.82, 2.24) is 19.5 Å². The molecule has 0 bridgehead atoms. The number of carbonyl (C=O) groups excluding carboxylic acids is 1. The average Bonchev–Trinajstić information content (AvgIpc) is 3.07. The van der Waals surface area contributed by atoms with Crippen molar-refractivity contribution in [3.8, 4) is 0 Å². The fourth-order valence-electron chi connectivity index (χ4n) is 2.45. The lowest BCUT2D eigenvalue weighted by atomic mass is 10.1. The number of likely N-dealkylation sites (tertiary alicyclic amines) is 1. The number of carbonyl (C=O) groups is 1. The number of nitrogens with zero attached hydrogens (tertiary/aromatic N) is 4. The summed E-state index contributed by atoms with van der Waals surface area (Å²) in [6.45, 7) is 2.60. The van der Waals surface area contributed by atoms with Crippen molar-refractivity contribution in [2.45, 2.75) is 25.8 Å². The third-order valence-electron chi connectivity index (χ3n) is 3.39. The molecule has 0 aliphatic carbocycles. The van der Waals surface area contributed by atoms with E-state index in [9.17, 15) is 4.79 Å². The van der Waals surface area contributed by atoms with Gasteiger partial charge in [0.15, 0.2) is 0 Å². The van der Waals surface area contributed by atoms with E-state index in [-0.39, 0.29) is 11.9 Å². The topological polar surface area (TPSA) is 59.0 Å². The Kier molecular flexibility index (Phi) is 3.25. The van der Waals surface area contributed by atoms with Gasteiger partial charge in [-0.25, -0.2) is 0 Å². The molecule has 0 unspecified atom stereocenters. The Morgan fingerprint density at radius 1 is 1.47 bits per heavy atom. The van der Waals surface area contributed by atoms with E-state index in [0.717, 1.165) is 25.1 Å². The molecule has 1 amide bonds. The number of aryl methyl sites for hydroxylation is 1. The molecule has 19 heavy (non-hydrogen) atoms. The van der Waals surface area contributed by atoms with Gasteiger partial charge in [0.2, 0.25) is 0 Å². The fraction of sp³-hybridized carbons (Fsp3) is 0.385. The van der Waals surface area contributed by atoms with Gasteiger partial charge in [0.1, 0.15) is 4.88 Å². The lowest BCUT2D eigenvalue weighted by Crippen LogP contribution is -2.30. The van der Waals surface area contributed by atoms with E-state index < -0.39 is 0 Å². The normalized spacial score (nSPS) is 18.8. The van der Waals surface area contributed by atoms with Gasteiger partial charge in [-0.3, -0.25) is 9.78 Å². The molecule has 2 aromatic rings. The monoisotopic (exact) mass is 274 g/mol. The zero-order chi connectivity index (χ0) is 13.2. The van der Waals surface area contributed by atoms with Crippen molar-refractivity contribution in [3.63, 3.8) is 0 Å². The van der Waals surface area contributed by atoms with E-state index in [4.69, 9.17) is 0 Å². The summed E-state index contributed by atoms with van der Waals surface area (Å²) in [5, 5.41) is 3.91. The van der Waals surface area contributed by atoms with Crippen molar-refractivity contribution in [1.29, 1.82) is 0 Å². The minimum absolute atomic E-state index is 0.0284. The first kappa shape index (κ1) is 12.2. The van der Waals surface area contributed by atoms with Crippen molar-refractivity contribution >= 4 is 17.4 Å². The number of aromatic nitrogens is 3. The summed E-state index contributed by atoms with van der Waals surface area (Å²) in [4.78, 5) is 19.5. The molecule has 1 aliphatic rings. The number of rotatable bonds is 2. The molecule has 0 radical (unpaired) electrons. The molecule has 98 valence electrons. The third-order valence-corrected chi connectivity index (χ3v) is 4.20. The maximum absolute atomic E-state index is 12.5. The van der Waals surface area contributed by atoms with E-state index in [1.807, 2.05) is 30.0 Å². The average molecular weight is 274 g/mol. The van der Waals surface area contributed by atoms with Crippen LogP contribution in [0.1, 0.15) is 39.9 Å². The van der Waals surface area contributed by atoms with Crippen LogP contribution in [0.3, 0.4) is 0 Å². The first-order chi connectivity index (χ1) is 9.27. The summed E-state index contributed by atoms with van der Waals surface area (Å²) in [6.07, 6.45) is 3.75. The van der Waals surface area contributed by atoms with Gasteiger partial charge in [-0.1, -0.05) is 10.6 Å². The molecule has 1 aliphatic heterocycles. The molecule has 0 saturated carbocycles. The summed E-state index contributed by atoms with van der Waals surface area (Å²) >= 11 is 1.17. The summed E-state index contributed by atoms with van der Waals surface area (Å²) in [5.41, 5.74) is 1.67. The highest BCUT2D eigenvalue weighted by Gasteiger charge is 2.32. The van der Waals surface area contributed by atoms with E-state index in [1.54, 1.807) is 6.20 Å². The molecule has 0 N–H and O–H groups in total. The van der Waals surface area contributed by atoms with Crippen LogP contribution in [0.15, 0.2) is 24.4 Å². The molecular formula is C13H14N4OS. The highest BCUT2D eigenvalue weighted by molar-refractivity contribution is 7.07. The molecule has 2 aromatic heterocycles. The summed E-state index contributed by atoms with van der Waals surface area (Å²) in [5.74, 6) is 0.0284. The Hall–Kier alpha value is -1.82. The Bertz CT molecular complexity index is 583. The van der Waals surface area contributed by atoms with E-state index in [2.05, 4.69) is 14.6 Å². The largest absolute Gasteiger partial charge is 0.329 e. The minimum Gasteiger partial charge on any atom is -0.329 e. The minimum atomic E-state index is 0.0284. The van der Waals surface area contributed by atoms with Crippen LogP contribution in [-0.2, 0) is 0 Å². The molecule has 3 heterocycles. The summed E-state index contributed by atoms with van der Waals surface area (Å²) in [6, 6.07) is 5.91. The summed E-state index contributed by atoms with van der Waals surface area (Å²) < 4.78 is 3.84. The second-order valence-corrected chi connectivity index (χ2v) is 5.35. The number of hydrogen-bond acceptors (Lipinski definition) is 5. The van der Waals surface area contributed by atoms with Crippen LogP contribution in [-0.4, -0.2) is 31.9 Å². The van der Waals surface area contributed by atoms with Gasteiger partial charge in [-0.05, 0) is 43.4 Å². The van der Waals surface area contributed by atoms with Crippen LogP contribution in [0.5, 0.6) is 0 Å². The maximum Gasteiger partial charge on any atom is 0.268 e. The standard InChI is InChI=1S/C13H14N4OS/c1-9-12(19-16-15-9)13(18)17-8-4-6-11(17)10-5-2-3-7-14-10/h2-3,5,7,11H,4,6,8H2,1H3/t11-/m1/s1. The highest BCUT2D eigenvalue weighted by Crippen LogP contribution is 2.32. The van der Waals surface area contributed by atoms with E-state index >= 15 is 0 Å². The Morgan fingerprint density at radius 2 is 2.37 bits per heavy atom. The lowest BCUT2D eigenvalue weighted by Gasteiger charge is -2.23. The molecule has 5 nitrogen and oxygen atoms in total. The molecule has 0 aromatic carbocycles. The zero-order valence-electron chi connectivity index (χ0n) is 10.6. The van der Waals surface area contributed by atoms with Gasteiger partial charge < -0.3 is 4.90 Å². The Labute approximate surface area is 115 Å². The molecule has 0 spiro atoms. The van der Waals surface area contributed by atoms with E-state index in [1.165, 1.54) is 11.5 Å². The fourth-order valence-corrected chi connectivity index (χ4v) is 3.06. The second kappa shape index (κ2) is 5.05. The molecule has 3 rings (SSSR count). The van der Waals surface area contributed by atoms with E-state index in [0.29, 0.717) is 10.6 Å². The Balaban J connectivity index is 1.88. The molecule has 1 saturated heterocycles.